The van der Waals surface area contributed by atoms with Gasteiger partial charge in [-0.25, -0.2) is 0 Å². The number of hydrogen-bond donors (Lipinski definition) is 2. The van der Waals surface area contributed by atoms with Gasteiger partial charge in [-0.1, -0.05) is 6.07 Å². The lowest BCUT2D eigenvalue weighted by Gasteiger charge is -2.07. The van der Waals surface area contributed by atoms with Crippen LogP contribution in [0.4, 0.5) is 5.69 Å². The summed E-state index contributed by atoms with van der Waals surface area (Å²) in [5.74, 6) is 0.146. The van der Waals surface area contributed by atoms with E-state index >= 15 is 0 Å². The molecule has 0 saturated carbocycles. The number of rotatable bonds is 4. The predicted octanol–water partition coefficient (Wildman–Crippen LogP) is 0.621. The maximum Gasteiger partial charge on any atom is 0.251 e. The van der Waals surface area contributed by atoms with E-state index in [1.807, 2.05) is 12.1 Å². The molecule has 2 aromatic rings. The highest BCUT2D eigenvalue weighted by atomic mass is 16.5. The van der Waals surface area contributed by atoms with Crippen molar-refractivity contribution in [3.05, 3.63) is 41.7 Å². The normalized spacial score (nSPS) is 10.3. The average molecular weight is 246 g/mol. The summed E-state index contributed by atoms with van der Waals surface area (Å²) in [6.45, 7) is 0.515. The van der Waals surface area contributed by atoms with Gasteiger partial charge >= 0.3 is 0 Å². The van der Waals surface area contributed by atoms with E-state index in [1.165, 1.54) is 6.20 Å². The van der Waals surface area contributed by atoms with Gasteiger partial charge in [0, 0.05) is 6.20 Å². The molecule has 1 heterocycles. The summed E-state index contributed by atoms with van der Waals surface area (Å²) >= 11 is 0. The van der Waals surface area contributed by atoms with Crippen LogP contribution in [0, 0.1) is 0 Å². The molecule has 1 amide bonds. The zero-order chi connectivity index (χ0) is 13.1. The molecule has 6 heteroatoms. The molecule has 0 aliphatic carbocycles. The highest BCUT2D eigenvalue weighted by Gasteiger charge is 2.05. The number of carbonyl (C=O) groups is 1. The van der Waals surface area contributed by atoms with Gasteiger partial charge in [0.1, 0.15) is 5.75 Å². The number of methoxy groups -OCH3 is 1. The van der Waals surface area contributed by atoms with Crippen molar-refractivity contribution < 1.29 is 9.53 Å². The number of nitrogens with two attached hydrogens (primary N) is 2. The fourth-order valence-electron chi connectivity index (χ4n) is 1.65. The van der Waals surface area contributed by atoms with Gasteiger partial charge in [-0.3, -0.25) is 9.48 Å². The number of nitrogen functional groups attached to an aromatic ring is 1. The van der Waals surface area contributed by atoms with Gasteiger partial charge in [0.15, 0.2) is 0 Å². The molecule has 2 rings (SSSR count). The highest BCUT2D eigenvalue weighted by molar-refractivity contribution is 5.92. The van der Waals surface area contributed by atoms with Gasteiger partial charge < -0.3 is 16.2 Å². The van der Waals surface area contributed by atoms with Crippen LogP contribution in [0.15, 0.2) is 30.6 Å². The standard InChI is InChI=1S/C12H14N4O2/c1-18-11-3-2-8(4-10(11)13)6-16-7-9(5-15-16)12(14)17/h2-5,7H,6,13H2,1H3,(H2,14,17). The van der Waals surface area contributed by atoms with Crippen LogP contribution < -0.4 is 16.2 Å². The third-order valence-corrected chi connectivity index (χ3v) is 2.56. The summed E-state index contributed by atoms with van der Waals surface area (Å²) < 4.78 is 6.70. The number of benzene rings is 1. The Morgan fingerprint density at radius 2 is 2.28 bits per heavy atom. The van der Waals surface area contributed by atoms with Gasteiger partial charge in [0.25, 0.3) is 5.91 Å². The van der Waals surface area contributed by atoms with E-state index in [2.05, 4.69) is 5.10 Å². The number of anilines is 1. The molecule has 0 bridgehead atoms. The molecule has 94 valence electrons. The second-order valence-corrected chi connectivity index (χ2v) is 3.87. The molecule has 0 aliphatic rings. The van der Waals surface area contributed by atoms with E-state index in [0.717, 1.165) is 5.56 Å². The van der Waals surface area contributed by atoms with Crippen molar-refractivity contribution in [1.82, 2.24) is 9.78 Å². The average Bonchev–Trinajstić information content (AvgIpc) is 2.78. The van der Waals surface area contributed by atoms with Crippen molar-refractivity contribution in [1.29, 1.82) is 0 Å². The van der Waals surface area contributed by atoms with Crippen molar-refractivity contribution in [2.45, 2.75) is 6.54 Å². The molecule has 0 fully saturated rings. The van der Waals surface area contributed by atoms with E-state index in [1.54, 1.807) is 24.1 Å². The van der Waals surface area contributed by atoms with Gasteiger partial charge in [0.05, 0.1) is 31.1 Å². The molecule has 0 aliphatic heterocycles. The number of nitrogens with zero attached hydrogens (tertiary/aromatic N) is 2. The predicted molar refractivity (Wildman–Crippen MR) is 67.3 cm³/mol. The number of aromatic nitrogens is 2. The maximum atomic E-state index is 10.9. The Morgan fingerprint density at radius 3 is 2.83 bits per heavy atom. The molecule has 0 atom stereocenters. The summed E-state index contributed by atoms with van der Waals surface area (Å²) in [6.07, 6.45) is 3.04. The molecule has 6 nitrogen and oxygen atoms in total. The summed E-state index contributed by atoms with van der Waals surface area (Å²) in [5, 5.41) is 4.05. The minimum absolute atomic E-state index is 0.386. The van der Waals surface area contributed by atoms with Gasteiger partial charge in [-0.15, -0.1) is 0 Å². The molecule has 1 aromatic heterocycles. The van der Waals surface area contributed by atoms with E-state index in [9.17, 15) is 4.79 Å². The molecular weight excluding hydrogens is 232 g/mol. The van der Waals surface area contributed by atoms with E-state index < -0.39 is 5.91 Å². The fourth-order valence-corrected chi connectivity index (χ4v) is 1.65. The lowest BCUT2D eigenvalue weighted by atomic mass is 10.2. The fraction of sp³-hybridized carbons (Fsp3) is 0.167. The van der Waals surface area contributed by atoms with Crippen molar-refractivity contribution in [2.24, 2.45) is 5.73 Å². The zero-order valence-corrected chi connectivity index (χ0v) is 9.96. The van der Waals surface area contributed by atoms with Gasteiger partial charge in [-0.05, 0) is 17.7 Å². The van der Waals surface area contributed by atoms with E-state index in [0.29, 0.717) is 23.5 Å². The van der Waals surface area contributed by atoms with Crippen LogP contribution in [0.5, 0.6) is 5.75 Å². The topological polar surface area (TPSA) is 96.2 Å². The van der Waals surface area contributed by atoms with E-state index in [4.69, 9.17) is 16.2 Å². The quantitative estimate of drug-likeness (QED) is 0.773. The van der Waals surface area contributed by atoms with Crippen LogP contribution in [0.3, 0.4) is 0 Å². The Kier molecular flexibility index (Phi) is 3.18. The second kappa shape index (κ2) is 4.79. The SMILES string of the molecule is COc1ccc(Cn2cc(C(N)=O)cn2)cc1N. The molecule has 0 spiro atoms. The van der Waals surface area contributed by atoms with Crippen LogP contribution >= 0.6 is 0 Å². The van der Waals surface area contributed by atoms with Crippen LogP contribution in [0.25, 0.3) is 0 Å². The summed E-state index contributed by atoms with van der Waals surface area (Å²) in [7, 11) is 1.57. The minimum atomic E-state index is -0.490. The Morgan fingerprint density at radius 1 is 1.50 bits per heavy atom. The van der Waals surface area contributed by atoms with Gasteiger partial charge in [0.2, 0.25) is 0 Å². The number of carbonyl (C=O) groups excluding carboxylic acids is 1. The first-order valence-corrected chi connectivity index (χ1v) is 5.35. The number of amides is 1. The molecule has 0 saturated heterocycles. The van der Waals surface area contributed by atoms with Crippen molar-refractivity contribution >= 4 is 11.6 Å². The first kappa shape index (κ1) is 12.0. The summed E-state index contributed by atoms with van der Waals surface area (Å²) in [5.41, 5.74) is 12.9. The summed E-state index contributed by atoms with van der Waals surface area (Å²) in [6, 6.07) is 5.49. The number of ether oxygens (including phenoxy) is 1. The zero-order valence-electron chi connectivity index (χ0n) is 9.96. The summed E-state index contributed by atoms with van der Waals surface area (Å²) in [4.78, 5) is 10.9. The largest absolute Gasteiger partial charge is 0.495 e. The maximum absolute atomic E-state index is 10.9. The van der Waals surface area contributed by atoms with Crippen LogP contribution in [0.1, 0.15) is 15.9 Å². The van der Waals surface area contributed by atoms with Crippen LogP contribution in [0.2, 0.25) is 0 Å². The second-order valence-electron chi connectivity index (χ2n) is 3.87. The number of primary amides is 1. The van der Waals surface area contributed by atoms with Gasteiger partial charge in [-0.2, -0.15) is 5.10 Å². The molecule has 18 heavy (non-hydrogen) atoms. The Hall–Kier alpha value is -2.50. The van der Waals surface area contributed by atoms with Crippen molar-refractivity contribution in [3.63, 3.8) is 0 Å². The first-order valence-electron chi connectivity index (χ1n) is 5.35. The Labute approximate surface area is 104 Å². The smallest absolute Gasteiger partial charge is 0.251 e. The van der Waals surface area contributed by atoms with Crippen LogP contribution in [-0.2, 0) is 6.54 Å². The molecule has 4 N–H and O–H groups in total. The lowest BCUT2D eigenvalue weighted by Crippen LogP contribution is -2.09. The lowest BCUT2D eigenvalue weighted by molar-refractivity contribution is 0.1000. The van der Waals surface area contributed by atoms with Crippen molar-refractivity contribution in [2.75, 3.05) is 12.8 Å². The molecule has 0 radical (unpaired) electrons. The highest BCUT2D eigenvalue weighted by Crippen LogP contribution is 2.22. The first-order chi connectivity index (χ1) is 8.60. The molecule has 0 unspecified atom stereocenters. The van der Waals surface area contributed by atoms with Crippen LogP contribution in [-0.4, -0.2) is 22.8 Å². The number of hydrogen-bond acceptors (Lipinski definition) is 4. The Bertz CT molecular complexity index is 577. The third-order valence-electron chi connectivity index (χ3n) is 2.56. The molecule has 1 aromatic carbocycles. The van der Waals surface area contributed by atoms with E-state index in [-0.39, 0.29) is 0 Å². The third kappa shape index (κ3) is 2.42. The molecular formula is C12H14N4O2. The Balaban J connectivity index is 2.18. The minimum Gasteiger partial charge on any atom is -0.495 e. The van der Waals surface area contributed by atoms with Crippen molar-refractivity contribution in [3.8, 4) is 5.75 Å². The monoisotopic (exact) mass is 246 g/mol.